The molecule has 9 heavy (non-hydrogen) atoms. The lowest BCUT2D eigenvalue weighted by Crippen LogP contribution is -2.26. The van der Waals surface area contributed by atoms with Crippen LogP contribution in [0.2, 0.25) is 0 Å². The van der Waals surface area contributed by atoms with Gasteiger partial charge < -0.3 is 0 Å². The molecular weight excluding hydrogens is 112 g/mol. The van der Waals surface area contributed by atoms with E-state index in [9.17, 15) is 0 Å². The van der Waals surface area contributed by atoms with Gasteiger partial charge in [-0.15, -0.1) is 0 Å². The summed E-state index contributed by atoms with van der Waals surface area (Å²) in [5, 5.41) is 8.35. The third-order valence-corrected chi connectivity index (χ3v) is 1.96. The second kappa shape index (κ2) is 2.84. The zero-order valence-electron chi connectivity index (χ0n) is 5.80. The van der Waals surface area contributed by atoms with Crippen LogP contribution in [0.1, 0.15) is 19.8 Å². The molecule has 0 radical (unpaired) electrons. The Bertz CT molecular complexity index is 125. The molecule has 1 atom stereocenters. The summed E-state index contributed by atoms with van der Waals surface area (Å²) in [7, 11) is 0. The number of hydrogen-bond donors (Lipinski definition) is 0. The van der Waals surface area contributed by atoms with Crippen molar-refractivity contribution >= 4 is 0 Å². The molecule has 0 aromatic carbocycles. The van der Waals surface area contributed by atoms with Crippen LogP contribution in [0.15, 0.2) is 0 Å². The smallest absolute Gasteiger partial charge is 0.0868 e. The Morgan fingerprint density at radius 1 is 1.78 bits per heavy atom. The standard InChI is InChI=1S/C7H12N2/c1-7-3-2-5-9(7)6-4-8/h7H,2-3,5-6H2,1H3. The lowest BCUT2D eigenvalue weighted by Gasteiger charge is -2.15. The molecule has 0 saturated carbocycles. The minimum Gasteiger partial charge on any atom is -0.288 e. The molecule has 2 nitrogen and oxygen atoms in total. The average molecular weight is 124 g/mol. The molecule has 1 rings (SSSR count). The Morgan fingerprint density at radius 3 is 3.00 bits per heavy atom. The van der Waals surface area contributed by atoms with Gasteiger partial charge in [-0.1, -0.05) is 0 Å². The number of rotatable bonds is 1. The van der Waals surface area contributed by atoms with Crippen LogP contribution in [-0.2, 0) is 0 Å². The quantitative estimate of drug-likeness (QED) is 0.487. The predicted molar refractivity (Wildman–Crippen MR) is 35.9 cm³/mol. The van der Waals surface area contributed by atoms with E-state index in [1.54, 1.807) is 0 Å². The highest BCUT2D eigenvalue weighted by Crippen LogP contribution is 2.14. The summed E-state index contributed by atoms with van der Waals surface area (Å²) in [6.45, 7) is 3.92. The van der Waals surface area contributed by atoms with Crippen LogP contribution in [0.25, 0.3) is 0 Å². The molecule has 1 fully saturated rings. The van der Waals surface area contributed by atoms with Gasteiger partial charge in [0.2, 0.25) is 0 Å². The normalized spacial score (nSPS) is 28.2. The van der Waals surface area contributed by atoms with Gasteiger partial charge in [-0.25, -0.2) is 0 Å². The van der Waals surface area contributed by atoms with Crippen molar-refractivity contribution in [2.75, 3.05) is 13.1 Å². The van der Waals surface area contributed by atoms with Gasteiger partial charge in [-0.3, -0.25) is 4.90 Å². The molecule has 0 N–H and O–H groups in total. The Balaban J connectivity index is 2.33. The van der Waals surface area contributed by atoms with E-state index in [4.69, 9.17) is 5.26 Å². The van der Waals surface area contributed by atoms with Crippen molar-refractivity contribution in [1.29, 1.82) is 5.26 Å². The molecule has 0 aliphatic carbocycles. The van der Waals surface area contributed by atoms with Gasteiger partial charge in [-0.2, -0.15) is 5.26 Å². The molecule has 0 aromatic heterocycles. The highest BCUT2D eigenvalue weighted by atomic mass is 15.2. The van der Waals surface area contributed by atoms with E-state index in [0.717, 1.165) is 6.54 Å². The summed E-state index contributed by atoms with van der Waals surface area (Å²) in [6, 6.07) is 2.81. The summed E-state index contributed by atoms with van der Waals surface area (Å²) >= 11 is 0. The maximum atomic E-state index is 8.35. The van der Waals surface area contributed by atoms with Crippen LogP contribution in [0.4, 0.5) is 0 Å². The van der Waals surface area contributed by atoms with E-state index in [2.05, 4.69) is 17.9 Å². The first kappa shape index (κ1) is 6.57. The van der Waals surface area contributed by atoms with Crippen molar-refractivity contribution in [1.82, 2.24) is 4.90 Å². The van der Waals surface area contributed by atoms with Gasteiger partial charge in [0.15, 0.2) is 0 Å². The van der Waals surface area contributed by atoms with Gasteiger partial charge in [0, 0.05) is 6.04 Å². The highest BCUT2D eigenvalue weighted by Gasteiger charge is 2.18. The molecule has 0 aromatic rings. The third-order valence-electron chi connectivity index (χ3n) is 1.96. The van der Waals surface area contributed by atoms with Crippen molar-refractivity contribution in [2.24, 2.45) is 0 Å². The van der Waals surface area contributed by atoms with Crippen molar-refractivity contribution in [3.05, 3.63) is 0 Å². The van der Waals surface area contributed by atoms with E-state index in [1.807, 2.05) is 0 Å². The van der Waals surface area contributed by atoms with Crippen molar-refractivity contribution in [3.8, 4) is 6.07 Å². The van der Waals surface area contributed by atoms with E-state index < -0.39 is 0 Å². The lowest BCUT2D eigenvalue weighted by molar-refractivity contribution is 0.301. The monoisotopic (exact) mass is 124 g/mol. The van der Waals surface area contributed by atoms with Crippen LogP contribution in [-0.4, -0.2) is 24.0 Å². The van der Waals surface area contributed by atoms with E-state index in [1.165, 1.54) is 12.8 Å². The maximum Gasteiger partial charge on any atom is 0.0868 e. The summed E-state index contributed by atoms with van der Waals surface area (Å²) < 4.78 is 0. The molecule has 0 bridgehead atoms. The first-order chi connectivity index (χ1) is 4.34. The number of nitriles is 1. The first-order valence-corrected chi connectivity index (χ1v) is 3.45. The molecule has 1 saturated heterocycles. The second-order valence-electron chi connectivity index (χ2n) is 2.62. The minimum absolute atomic E-state index is 0.612. The fourth-order valence-corrected chi connectivity index (χ4v) is 1.32. The van der Waals surface area contributed by atoms with Gasteiger partial charge in [0.25, 0.3) is 0 Å². The SMILES string of the molecule is CC1CCCN1CC#N. The summed E-state index contributed by atoms with van der Waals surface area (Å²) in [5.74, 6) is 0. The van der Waals surface area contributed by atoms with Gasteiger partial charge in [0.1, 0.15) is 0 Å². The fraction of sp³-hybridized carbons (Fsp3) is 0.857. The summed E-state index contributed by atoms with van der Waals surface area (Å²) in [6.07, 6.45) is 2.53. The Hall–Kier alpha value is -0.550. The predicted octanol–water partition coefficient (Wildman–Crippen LogP) is 0.994. The van der Waals surface area contributed by atoms with Crippen LogP contribution in [0.5, 0.6) is 0 Å². The molecule has 1 aliphatic heterocycles. The van der Waals surface area contributed by atoms with E-state index >= 15 is 0 Å². The van der Waals surface area contributed by atoms with Crippen molar-refractivity contribution in [2.45, 2.75) is 25.8 Å². The topological polar surface area (TPSA) is 27.0 Å². The summed E-state index contributed by atoms with van der Waals surface area (Å²) in [4.78, 5) is 2.22. The molecular formula is C7H12N2. The Labute approximate surface area is 56.1 Å². The molecule has 2 heteroatoms. The zero-order chi connectivity index (χ0) is 6.69. The Morgan fingerprint density at radius 2 is 2.56 bits per heavy atom. The molecule has 0 amide bonds. The van der Waals surface area contributed by atoms with Crippen LogP contribution >= 0.6 is 0 Å². The third kappa shape index (κ3) is 1.43. The lowest BCUT2D eigenvalue weighted by atomic mass is 10.2. The van der Waals surface area contributed by atoms with Gasteiger partial charge >= 0.3 is 0 Å². The number of hydrogen-bond acceptors (Lipinski definition) is 2. The zero-order valence-corrected chi connectivity index (χ0v) is 5.80. The first-order valence-electron chi connectivity index (χ1n) is 3.45. The molecule has 1 aliphatic rings. The van der Waals surface area contributed by atoms with E-state index in [-0.39, 0.29) is 0 Å². The number of likely N-dealkylation sites (tertiary alicyclic amines) is 1. The maximum absolute atomic E-state index is 8.35. The van der Waals surface area contributed by atoms with Gasteiger partial charge in [0.05, 0.1) is 12.6 Å². The minimum atomic E-state index is 0.612. The average Bonchev–Trinajstić information content (AvgIpc) is 2.18. The molecule has 50 valence electrons. The van der Waals surface area contributed by atoms with Gasteiger partial charge in [-0.05, 0) is 26.3 Å². The molecule has 0 spiro atoms. The van der Waals surface area contributed by atoms with Crippen LogP contribution < -0.4 is 0 Å². The second-order valence-corrected chi connectivity index (χ2v) is 2.62. The largest absolute Gasteiger partial charge is 0.288 e. The fourth-order valence-electron chi connectivity index (χ4n) is 1.32. The molecule has 1 unspecified atom stereocenters. The summed E-state index contributed by atoms with van der Waals surface area (Å²) in [5.41, 5.74) is 0. The van der Waals surface area contributed by atoms with Crippen LogP contribution in [0.3, 0.4) is 0 Å². The van der Waals surface area contributed by atoms with Crippen molar-refractivity contribution in [3.63, 3.8) is 0 Å². The number of nitrogens with zero attached hydrogens (tertiary/aromatic N) is 2. The highest BCUT2D eigenvalue weighted by molar-refractivity contribution is 4.83. The molecule has 1 heterocycles. The van der Waals surface area contributed by atoms with Crippen molar-refractivity contribution < 1.29 is 0 Å². The van der Waals surface area contributed by atoms with Crippen LogP contribution in [0, 0.1) is 11.3 Å². The Kier molecular flexibility index (Phi) is 2.07. The van der Waals surface area contributed by atoms with E-state index in [0.29, 0.717) is 12.6 Å².